The van der Waals surface area contributed by atoms with Gasteiger partial charge < -0.3 is 19.7 Å². The number of nitrogens with zero attached hydrogens (tertiary/aromatic N) is 1. The van der Waals surface area contributed by atoms with Gasteiger partial charge in [0.05, 0.1) is 25.5 Å². The van der Waals surface area contributed by atoms with Crippen LogP contribution in [0.4, 0.5) is 4.79 Å². The molecule has 1 aromatic rings. The fourth-order valence-electron chi connectivity index (χ4n) is 2.14. The quantitative estimate of drug-likeness (QED) is 0.845. The summed E-state index contributed by atoms with van der Waals surface area (Å²) in [5.74, 6) is -0.915. The number of carbonyl (C=O) groups is 2. The fraction of sp³-hybridized carbons (Fsp3) is 0.600. The predicted octanol–water partition coefficient (Wildman–Crippen LogP) is 2.70. The molecule has 1 heterocycles. The lowest BCUT2D eigenvalue weighted by molar-refractivity contribution is -0.137. The van der Waals surface area contributed by atoms with Crippen LogP contribution in [0.15, 0.2) is 23.0 Å². The van der Waals surface area contributed by atoms with Gasteiger partial charge in [0.1, 0.15) is 0 Å². The van der Waals surface area contributed by atoms with Crippen LogP contribution in [0.25, 0.3) is 0 Å². The van der Waals surface area contributed by atoms with Gasteiger partial charge in [0.25, 0.3) is 0 Å². The van der Waals surface area contributed by atoms with Crippen molar-refractivity contribution in [2.24, 2.45) is 5.41 Å². The van der Waals surface area contributed by atoms with E-state index >= 15 is 0 Å². The number of furan rings is 1. The van der Waals surface area contributed by atoms with Gasteiger partial charge in [-0.2, -0.15) is 0 Å². The number of hydrogen-bond donors (Lipinski definition) is 2. The Morgan fingerprint density at radius 3 is 2.57 bits per heavy atom. The van der Waals surface area contributed by atoms with Crippen molar-refractivity contribution in [2.75, 3.05) is 7.05 Å². The third-order valence-electron chi connectivity index (χ3n) is 2.95. The van der Waals surface area contributed by atoms with Crippen molar-refractivity contribution in [2.45, 2.75) is 46.2 Å². The summed E-state index contributed by atoms with van der Waals surface area (Å²) in [7, 11) is 1.66. The number of carboxylic acid groups (broad SMARTS) is 1. The molecule has 0 aromatic carbocycles. The Kier molecular flexibility index (Phi) is 5.81. The summed E-state index contributed by atoms with van der Waals surface area (Å²) >= 11 is 0. The summed E-state index contributed by atoms with van der Waals surface area (Å²) in [6.07, 6.45) is 3.65. The smallest absolute Gasteiger partial charge is 0.317 e. The number of hydrogen-bond acceptors (Lipinski definition) is 3. The maximum Gasteiger partial charge on any atom is 0.317 e. The van der Waals surface area contributed by atoms with Crippen molar-refractivity contribution in [3.63, 3.8) is 0 Å². The number of nitrogens with one attached hydrogen (secondary N) is 1. The average Bonchev–Trinajstić information content (AvgIpc) is 2.78. The second-order valence-corrected chi connectivity index (χ2v) is 6.50. The van der Waals surface area contributed by atoms with Crippen molar-refractivity contribution in [3.8, 4) is 0 Å². The zero-order valence-corrected chi connectivity index (χ0v) is 13.0. The first-order valence-corrected chi connectivity index (χ1v) is 6.92. The lowest BCUT2D eigenvalue weighted by Gasteiger charge is -2.27. The summed E-state index contributed by atoms with van der Waals surface area (Å²) in [5, 5.41) is 11.8. The Hall–Kier alpha value is -1.98. The molecule has 0 radical (unpaired) electrons. The summed E-state index contributed by atoms with van der Waals surface area (Å²) in [6, 6.07) is 1.11. The maximum atomic E-state index is 12.1. The maximum absolute atomic E-state index is 12.1. The molecule has 21 heavy (non-hydrogen) atoms. The number of rotatable bonds is 6. The fourth-order valence-corrected chi connectivity index (χ4v) is 2.14. The van der Waals surface area contributed by atoms with Crippen LogP contribution in [0.3, 0.4) is 0 Å². The minimum absolute atomic E-state index is 0.0590. The Labute approximate surface area is 125 Å². The van der Waals surface area contributed by atoms with Gasteiger partial charge in [-0.15, -0.1) is 0 Å². The lowest BCUT2D eigenvalue weighted by atomic mass is 9.87. The van der Waals surface area contributed by atoms with Crippen LogP contribution in [-0.4, -0.2) is 35.1 Å². The van der Waals surface area contributed by atoms with Crippen LogP contribution in [0.1, 0.15) is 39.2 Å². The van der Waals surface area contributed by atoms with Gasteiger partial charge in [-0.05, 0) is 17.9 Å². The molecule has 1 unspecified atom stereocenters. The Morgan fingerprint density at radius 1 is 1.43 bits per heavy atom. The van der Waals surface area contributed by atoms with Crippen LogP contribution in [0, 0.1) is 5.41 Å². The molecule has 1 atom stereocenters. The SMILES string of the molecule is CN(Cc1ccoc1)C(=O)NC(CC(=O)O)CC(C)(C)C. The van der Waals surface area contributed by atoms with Crippen LogP contribution < -0.4 is 5.32 Å². The zero-order chi connectivity index (χ0) is 16.0. The number of carbonyl (C=O) groups excluding carboxylic acids is 1. The molecule has 0 spiro atoms. The highest BCUT2D eigenvalue weighted by molar-refractivity contribution is 5.75. The van der Waals surface area contributed by atoms with Crippen LogP contribution in [0.5, 0.6) is 0 Å². The third-order valence-corrected chi connectivity index (χ3v) is 2.95. The van der Waals surface area contributed by atoms with Crippen LogP contribution in [-0.2, 0) is 11.3 Å². The van der Waals surface area contributed by atoms with Gasteiger partial charge in [0, 0.05) is 18.7 Å². The monoisotopic (exact) mass is 296 g/mol. The molecule has 0 aliphatic heterocycles. The first-order valence-electron chi connectivity index (χ1n) is 6.92. The molecule has 0 fully saturated rings. The molecule has 0 bridgehead atoms. The normalized spacial score (nSPS) is 12.8. The van der Waals surface area contributed by atoms with Gasteiger partial charge in [0.15, 0.2) is 0 Å². The summed E-state index contributed by atoms with van der Waals surface area (Å²) in [4.78, 5) is 24.6. The van der Waals surface area contributed by atoms with Crippen LogP contribution in [0.2, 0.25) is 0 Å². The highest BCUT2D eigenvalue weighted by Gasteiger charge is 2.24. The second-order valence-electron chi connectivity index (χ2n) is 6.50. The van der Waals surface area contributed by atoms with E-state index in [0.29, 0.717) is 13.0 Å². The summed E-state index contributed by atoms with van der Waals surface area (Å²) in [5.41, 5.74) is 0.828. The molecule has 6 nitrogen and oxygen atoms in total. The molecule has 2 amide bonds. The van der Waals surface area contributed by atoms with E-state index < -0.39 is 5.97 Å². The second kappa shape index (κ2) is 7.15. The summed E-state index contributed by atoms with van der Waals surface area (Å²) < 4.78 is 4.96. The highest BCUT2D eigenvalue weighted by atomic mass is 16.4. The van der Waals surface area contributed by atoms with Crippen molar-refractivity contribution in [1.29, 1.82) is 0 Å². The molecule has 2 N–H and O–H groups in total. The summed E-state index contributed by atoms with van der Waals surface area (Å²) in [6.45, 7) is 6.47. The van der Waals surface area contributed by atoms with E-state index in [4.69, 9.17) is 9.52 Å². The van der Waals surface area contributed by atoms with Crippen LogP contribution >= 0.6 is 0 Å². The van der Waals surface area contributed by atoms with Crippen molar-refractivity contribution in [1.82, 2.24) is 10.2 Å². The topological polar surface area (TPSA) is 82.8 Å². The van der Waals surface area contributed by atoms with E-state index in [-0.39, 0.29) is 23.9 Å². The third kappa shape index (κ3) is 6.83. The molecule has 0 saturated heterocycles. The largest absolute Gasteiger partial charge is 0.481 e. The van der Waals surface area contributed by atoms with Crippen molar-refractivity contribution in [3.05, 3.63) is 24.2 Å². The van der Waals surface area contributed by atoms with E-state index in [9.17, 15) is 9.59 Å². The Balaban J connectivity index is 2.59. The molecule has 0 saturated carbocycles. The number of amides is 2. The van der Waals surface area contributed by atoms with Crippen molar-refractivity contribution >= 4 is 12.0 Å². The van der Waals surface area contributed by atoms with Gasteiger partial charge in [-0.3, -0.25) is 4.79 Å². The number of carboxylic acids is 1. The Bertz CT molecular complexity index is 463. The van der Waals surface area contributed by atoms with E-state index in [1.165, 1.54) is 4.90 Å². The molecule has 118 valence electrons. The molecule has 0 aliphatic carbocycles. The molecular formula is C15H24N2O4. The molecule has 1 rings (SSSR count). The molecular weight excluding hydrogens is 272 g/mol. The van der Waals surface area contributed by atoms with Gasteiger partial charge >= 0.3 is 12.0 Å². The predicted molar refractivity (Wildman–Crippen MR) is 78.8 cm³/mol. The average molecular weight is 296 g/mol. The van der Waals surface area contributed by atoms with E-state index in [0.717, 1.165) is 5.56 Å². The first-order chi connectivity index (χ1) is 9.67. The minimum atomic E-state index is -0.915. The van der Waals surface area contributed by atoms with Gasteiger partial charge in [0.2, 0.25) is 0 Å². The standard InChI is InChI=1S/C15H24N2O4/c1-15(2,3)8-12(7-13(18)19)16-14(20)17(4)9-11-5-6-21-10-11/h5-6,10,12H,7-9H2,1-4H3,(H,16,20)(H,18,19). The lowest BCUT2D eigenvalue weighted by Crippen LogP contribution is -2.45. The first kappa shape index (κ1) is 17.1. The molecule has 0 aliphatic rings. The van der Waals surface area contributed by atoms with E-state index in [2.05, 4.69) is 5.32 Å². The number of aliphatic carboxylic acids is 1. The molecule has 1 aromatic heterocycles. The van der Waals surface area contributed by atoms with E-state index in [1.807, 2.05) is 20.8 Å². The highest BCUT2D eigenvalue weighted by Crippen LogP contribution is 2.22. The van der Waals surface area contributed by atoms with Gasteiger partial charge in [-0.25, -0.2) is 4.79 Å². The van der Waals surface area contributed by atoms with E-state index in [1.54, 1.807) is 25.6 Å². The van der Waals surface area contributed by atoms with Crippen molar-refractivity contribution < 1.29 is 19.1 Å². The minimum Gasteiger partial charge on any atom is -0.481 e. The number of urea groups is 1. The Morgan fingerprint density at radius 2 is 2.10 bits per heavy atom. The molecule has 6 heteroatoms. The zero-order valence-electron chi connectivity index (χ0n) is 13.0. The van der Waals surface area contributed by atoms with Gasteiger partial charge in [-0.1, -0.05) is 20.8 Å².